The number of nitrogens with zero attached hydrogens (tertiary/aromatic N) is 2. The first-order valence-electron chi connectivity index (χ1n) is 9.58. The predicted octanol–water partition coefficient (Wildman–Crippen LogP) is 4.91. The maximum Gasteiger partial charge on any atom is 0.262 e. The van der Waals surface area contributed by atoms with Gasteiger partial charge in [0.15, 0.2) is 6.61 Å². The molecule has 0 aliphatic carbocycles. The number of aromatic nitrogens is 2. The molecule has 168 valence electrons. The van der Waals surface area contributed by atoms with E-state index in [0.29, 0.717) is 38.3 Å². The maximum absolute atomic E-state index is 12.5. The zero-order valence-electron chi connectivity index (χ0n) is 17.1. The summed E-state index contributed by atoms with van der Waals surface area (Å²) in [4.78, 5) is 12.5. The maximum atomic E-state index is 12.5. The van der Waals surface area contributed by atoms with Crippen LogP contribution in [0.15, 0.2) is 47.9 Å². The number of aromatic amines is 1. The number of aryl methyl sites for hydroxylation is 1. The minimum absolute atomic E-state index is 0.0687. The highest BCUT2D eigenvalue weighted by Crippen LogP contribution is 2.46. The monoisotopic (exact) mass is 503 g/mol. The predicted molar refractivity (Wildman–Crippen MR) is 125 cm³/mol. The van der Waals surface area contributed by atoms with Crippen LogP contribution in [0.5, 0.6) is 11.6 Å². The zero-order chi connectivity index (χ0) is 23.7. The Balaban J connectivity index is 1.65. The lowest BCUT2D eigenvalue weighted by molar-refractivity contribution is -0.118. The summed E-state index contributed by atoms with van der Waals surface area (Å²) in [7, 11) is 0. The lowest BCUT2D eigenvalue weighted by Crippen LogP contribution is -2.23. The number of anilines is 1. The Kier molecular flexibility index (Phi) is 6.38. The molecule has 0 spiro atoms. The average Bonchev–Trinajstić information content (AvgIpc) is 3.15. The van der Waals surface area contributed by atoms with E-state index >= 15 is 0 Å². The number of halogens is 3. The summed E-state index contributed by atoms with van der Waals surface area (Å²) in [6.07, 6.45) is 0. The van der Waals surface area contributed by atoms with Gasteiger partial charge in [-0.25, -0.2) is 0 Å². The van der Waals surface area contributed by atoms with Crippen LogP contribution in [0.4, 0.5) is 5.69 Å². The molecule has 4 N–H and O–H groups in total. The molecule has 3 aromatic rings. The molecule has 1 unspecified atom stereocenters. The smallest absolute Gasteiger partial charge is 0.262 e. The standard InChI is InChI=1S/C22H16Cl3N5O3/c1-10-18-19(13(8-26)21(27)33-22(18)30-29-10)12-7-11(23)5-6-16(12)32-9-17(31)28-15-4-2-3-14(24)20(15)25/h2-7,19H,9,27H2,1H3,(H,28,31)(H,29,30). The summed E-state index contributed by atoms with van der Waals surface area (Å²) in [6.45, 7) is 1.46. The number of amides is 1. The first kappa shape index (κ1) is 22.8. The van der Waals surface area contributed by atoms with E-state index in [1.54, 1.807) is 43.3 Å². The first-order valence-corrected chi connectivity index (χ1v) is 10.7. The Morgan fingerprint density at radius 2 is 2.12 bits per heavy atom. The number of ether oxygens (including phenoxy) is 2. The molecular formula is C22H16Cl3N5O3. The molecule has 0 fully saturated rings. The summed E-state index contributed by atoms with van der Waals surface area (Å²) in [5.41, 5.74) is 8.37. The number of rotatable bonds is 5. The van der Waals surface area contributed by atoms with Crippen LogP contribution in [-0.2, 0) is 4.79 Å². The Morgan fingerprint density at radius 3 is 2.88 bits per heavy atom. The van der Waals surface area contributed by atoms with Gasteiger partial charge in [-0.2, -0.15) is 5.26 Å². The number of hydrogen-bond acceptors (Lipinski definition) is 6. The number of carbonyl (C=O) groups is 1. The van der Waals surface area contributed by atoms with Gasteiger partial charge in [0.25, 0.3) is 5.91 Å². The fraction of sp³-hybridized carbons (Fsp3) is 0.136. The van der Waals surface area contributed by atoms with E-state index in [1.807, 2.05) is 0 Å². The highest BCUT2D eigenvalue weighted by Gasteiger charge is 2.36. The number of carbonyl (C=O) groups excluding carboxylic acids is 1. The van der Waals surface area contributed by atoms with E-state index in [-0.39, 0.29) is 29.0 Å². The quantitative estimate of drug-likeness (QED) is 0.453. The first-order chi connectivity index (χ1) is 15.8. The van der Waals surface area contributed by atoms with E-state index in [4.69, 9.17) is 50.0 Å². The SMILES string of the molecule is Cc1[nH]nc2c1C(c1cc(Cl)ccc1OCC(=O)Nc1cccc(Cl)c1Cl)C(C#N)=C(N)O2. The number of fused-ring (bicyclic) bond motifs is 1. The van der Waals surface area contributed by atoms with Gasteiger partial charge in [0.05, 0.1) is 21.7 Å². The van der Waals surface area contributed by atoms with Gasteiger partial charge in [-0.05, 0) is 37.3 Å². The van der Waals surface area contributed by atoms with Crippen molar-refractivity contribution in [1.82, 2.24) is 10.2 Å². The van der Waals surface area contributed by atoms with Crippen LogP contribution < -0.4 is 20.5 Å². The van der Waals surface area contributed by atoms with E-state index < -0.39 is 11.8 Å². The van der Waals surface area contributed by atoms with Gasteiger partial charge < -0.3 is 20.5 Å². The third-order valence-corrected chi connectivity index (χ3v) is 6.05. The van der Waals surface area contributed by atoms with Crippen LogP contribution >= 0.6 is 34.8 Å². The van der Waals surface area contributed by atoms with Crippen molar-refractivity contribution in [2.75, 3.05) is 11.9 Å². The normalized spacial score (nSPS) is 14.8. The van der Waals surface area contributed by atoms with Gasteiger partial charge in [0.2, 0.25) is 11.8 Å². The molecular weight excluding hydrogens is 489 g/mol. The highest BCUT2D eigenvalue weighted by atomic mass is 35.5. The summed E-state index contributed by atoms with van der Waals surface area (Å²) in [5.74, 6) is -0.584. The number of nitrogens with one attached hydrogen (secondary N) is 2. The fourth-order valence-electron chi connectivity index (χ4n) is 3.52. The fourth-order valence-corrected chi connectivity index (χ4v) is 4.04. The molecule has 11 heteroatoms. The Morgan fingerprint density at radius 1 is 1.33 bits per heavy atom. The van der Waals surface area contributed by atoms with Crippen LogP contribution in [0.2, 0.25) is 15.1 Å². The molecule has 0 saturated carbocycles. The van der Waals surface area contributed by atoms with Crippen molar-refractivity contribution in [3.8, 4) is 17.7 Å². The highest BCUT2D eigenvalue weighted by molar-refractivity contribution is 6.44. The van der Waals surface area contributed by atoms with Gasteiger partial charge in [0, 0.05) is 21.8 Å². The number of H-pyrrole nitrogens is 1. The number of hydrogen-bond donors (Lipinski definition) is 3. The molecule has 2 aromatic carbocycles. The van der Waals surface area contributed by atoms with Gasteiger partial charge in [-0.1, -0.05) is 40.9 Å². The van der Waals surface area contributed by atoms with Crippen molar-refractivity contribution in [1.29, 1.82) is 5.26 Å². The van der Waals surface area contributed by atoms with Gasteiger partial charge in [-0.15, -0.1) is 5.10 Å². The molecule has 33 heavy (non-hydrogen) atoms. The molecule has 1 atom stereocenters. The van der Waals surface area contributed by atoms with Crippen molar-refractivity contribution in [3.63, 3.8) is 0 Å². The summed E-state index contributed by atoms with van der Waals surface area (Å²) in [5, 5.41) is 20.3. The molecule has 2 heterocycles. The molecule has 1 aromatic heterocycles. The second-order valence-electron chi connectivity index (χ2n) is 7.11. The van der Waals surface area contributed by atoms with Gasteiger partial charge >= 0.3 is 0 Å². The average molecular weight is 505 g/mol. The number of benzene rings is 2. The molecule has 0 radical (unpaired) electrons. The van der Waals surface area contributed by atoms with E-state index in [1.165, 1.54) is 0 Å². The van der Waals surface area contributed by atoms with E-state index in [2.05, 4.69) is 21.6 Å². The van der Waals surface area contributed by atoms with Gasteiger partial charge in [0.1, 0.15) is 17.4 Å². The Labute approximate surface area is 203 Å². The Hall–Kier alpha value is -3.38. The van der Waals surface area contributed by atoms with Crippen LogP contribution in [0.3, 0.4) is 0 Å². The summed E-state index contributed by atoms with van der Waals surface area (Å²) >= 11 is 18.4. The van der Waals surface area contributed by atoms with Crippen molar-refractivity contribution < 1.29 is 14.3 Å². The molecule has 1 aliphatic rings. The number of allylic oxidation sites excluding steroid dienone is 1. The third-order valence-electron chi connectivity index (χ3n) is 5.00. The topological polar surface area (TPSA) is 126 Å². The largest absolute Gasteiger partial charge is 0.483 e. The van der Waals surface area contributed by atoms with Crippen LogP contribution in [0, 0.1) is 18.3 Å². The van der Waals surface area contributed by atoms with Crippen molar-refractivity contribution in [2.24, 2.45) is 5.73 Å². The minimum atomic E-state index is -0.656. The molecule has 1 amide bonds. The van der Waals surface area contributed by atoms with Crippen molar-refractivity contribution in [2.45, 2.75) is 12.8 Å². The lowest BCUT2D eigenvalue weighted by Gasteiger charge is -2.25. The number of nitriles is 1. The van der Waals surface area contributed by atoms with E-state index in [0.717, 1.165) is 0 Å². The second kappa shape index (κ2) is 9.24. The third kappa shape index (κ3) is 4.44. The van der Waals surface area contributed by atoms with Crippen LogP contribution in [0.1, 0.15) is 22.7 Å². The van der Waals surface area contributed by atoms with Crippen LogP contribution in [0.25, 0.3) is 0 Å². The van der Waals surface area contributed by atoms with Crippen LogP contribution in [-0.4, -0.2) is 22.7 Å². The second-order valence-corrected chi connectivity index (χ2v) is 8.33. The van der Waals surface area contributed by atoms with Crippen molar-refractivity contribution >= 4 is 46.4 Å². The molecule has 4 rings (SSSR count). The molecule has 0 bridgehead atoms. The summed E-state index contributed by atoms with van der Waals surface area (Å²) in [6, 6.07) is 11.9. The zero-order valence-corrected chi connectivity index (χ0v) is 19.3. The van der Waals surface area contributed by atoms with Gasteiger partial charge in [-0.3, -0.25) is 9.89 Å². The summed E-state index contributed by atoms with van der Waals surface area (Å²) < 4.78 is 11.3. The number of nitrogens with two attached hydrogens (primary N) is 1. The van der Waals surface area contributed by atoms with Crippen molar-refractivity contribution in [3.05, 3.63) is 79.7 Å². The molecule has 1 aliphatic heterocycles. The minimum Gasteiger partial charge on any atom is -0.483 e. The molecule has 0 saturated heterocycles. The Bertz CT molecular complexity index is 1330. The molecule has 8 nitrogen and oxygen atoms in total. The van der Waals surface area contributed by atoms with E-state index in [9.17, 15) is 10.1 Å². The lowest BCUT2D eigenvalue weighted by atomic mass is 9.83.